The van der Waals surface area contributed by atoms with Gasteiger partial charge in [0.05, 0.1) is 4.47 Å². The first-order chi connectivity index (χ1) is 6.29. The van der Waals surface area contributed by atoms with Gasteiger partial charge in [0.25, 0.3) is 0 Å². The van der Waals surface area contributed by atoms with Crippen LogP contribution in [0.1, 0.15) is 0 Å². The summed E-state index contributed by atoms with van der Waals surface area (Å²) in [5.74, 6) is 0.815. The van der Waals surface area contributed by atoms with Crippen LogP contribution in [0, 0.1) is 0 Å². The lowest BCUT2D eigenvalue weighted by atomic mass is 10.1. The second kappa shape index (κ2) is 3.59. The first kappa shape index (κ1) is 8.90. The zero-order valence-electron chi connectivity index (χ0n) is 7.37. The molecule has 0 aliphatic carbocycles. The molecule has 0 radical (unpaired) electrons. The third-order valence-electron chi connectivity index (χ3n) is 2.18. The summed E-state index contributed by atoms with van der Waals surface area (Å²) in [6.07, 6.45) is 3.55. The van der Waals surface area contributed by atoms with Gasteiger partial charge in [-0.25, -0.2) is 9.97 Å². The molecular formula is C8H11BrN4. The van der Waals surface area contributed by atoms with Crippen LogP contribution in [0.4, 0.5) is 5.95 Å². The minimum Gasteiger partial charge on any atom is -0.338 e. The lowest BCUT2D eigenvalue weighted by molar-refractivity contribution is 0.443. The van der Waals surface area contributed by atoms with Crippen molar-refractivity contribution in [1.82, 2.24) is 15.3 Å². The molecular weight excluding hydrogens is 232 g/mol. The highest BCUT2D eigenvalue weighted by Crippen LogP contribution is 2.16. The van der Waals surface area contributed by atoms with Gasteiger partial charge in [0, 0.05) is 31.5 Å². The summed E-state index contributed by atoms with van der Waals surface area (Å²) < 4.78 is 0.918. The zero-order valence-corrected chi connectivity index (χ0v) is 8.95. The molecule has 1 aliphatic rings. The molecule has 1 aliphatic heterocycles. The molecule has 1 N–H and O–H groups in total. The third-order valence-corrected chi connectivity index (χ3v) is 2.59. The maximum atomic E-state index is 4.21. The summed E-state index contributed by atoms with van der Waals surface area (Å²) in [5.41, 5.74) is 0. The standard InChI is InChI=1S/C8H11BrN4/c1-10-7-4-13(5-7)8-11-2-6(9)3-12-8/h2-3,7,10H,4-5H2,1H3. The predicted molar refractivity (Wildman–Crippen MR) is 54.8 cm³/mol. The monoisotopic (exact) mass is 242 g/mol. The van der Waals surface area contributed by atoms with Crippen molar-refractivity contribution < 1.29 is 0 Å². The highest BCUT2D eigenvalue weighted by molar-refractivity contribution is 9.10. The Morgan fingerprint density at radius 2 is 2.08 bits per heavy atom. The number of rotatable bonds is 2. The normalized spacial score (nSPS) is 17.2. The number of hydrogen-bond acceptors (Lipinski definition) is 4. The van der Waals surface area contributed by atoms with Gasteiger partial charge in [-0.1, -0.05) is 0 Å². The summed E-state index contributed by atoms with van der Waals surface area (Å²) in [4.78, 5) is 10.6. The second-order valence-electron chi connectivity index (χ2n) is 3.09. The Labute approximate surface area is 85.5 Å². The van der Waals surface area contributed by atoms with E-state index in [2.05, 4.69) is 36.1 Å². The van der Waals surface area contributed by atoms with E-state index in [1.165, 1.54) is 0 Å². The molecule has 1 aromatic rings. The Bertz CT molecular complexity index is 281. The lowest BCUT2D eigenvalue weighted by Crippen LogP contribution is -2.57. The van der Waals surface area contributed by atoms with Gasteiger partial charge in [-0.15, -0.1) is 0 Å². The molecule has 2 heterocycles. The highest BCUT2D eigenvalue weighted by atomic mass is 79.9. The zero-order chi connectivity index (χ0) is 9.26. The molecule has 1 aromatic heterocycles. The molecule has 4 nitrogen and oxygen atoms in total. The van der Waals surface area contributed by atoms with Gasteiger partial charge < -0.3 is 10.2 Å². The average Bonchev–Trinajstić information content (AvgIpc) is 2.06. The smallest absolute Gasteiger partial charge is 0.225 e. The molecule has 70 valence electrons. The SMILES string of the molecule is CNC1CN(c2ncc(Br)cn2)C1. The molecule has 0 spiro atoms. The summed E-state index contributed by atoms with van der Waals surface area (Å²) in [7, 11) is 1.98. The van der Waals surface area contributed by atoms with Crippen LogP contribution in [0.3, 0.4) is 0 Å². The Morgan fingerprint density at radius 3 is 2.62 bits per heavy atom. The van der Waals surface area contributed by atoms with Crippen LogP contribution in [-0.2, 0) is 0 Å². The van der Waals surface area contributed by atoms with Crippen LogP contribution in [-0.4, -0.2) is 36.1 Å². The van der Waals surface area contributed by atoms with E-state index in [4.69, 9.17) is 0 Å². The van der Waals surface area contributed by atoms with E-state index in [-0.39, 0.29) is 0 Å². The molecule has 0 aromatic carbocycles. The van der Waals surface area contributed by atoms with Gasteiger partial charge in [-0.3, -0.25) is 0 Å². The number of nitrogens with zero attached hydrogens (tertiary/aromatic N) is 3. The Kier molecular flexibility index (Phi) is 2.46. The Hall–Kier alpha value is -0.680. The van der Waals surface area contributed by atoms with Crippen LogP contribution in [0.5, 0.6) is 0 Å². The van der Waals surface area contributed by atoms with E-state index in [0.29, 0.717) is 6.04 Å². The third kappa shape index (κ3) is 1.81. The number of hydrogen-bond donors (Lipinski definition) is 1. The number of aromatic nitrogens is 2. The van der Waals surface area contributed by atoms with Gasteiger partial charge in [-0.2, -0.15) is 0 Å². The largest absolute Gasteiger partial charge is 0.338 e. The first-order valence-corrected chi connectivity index (χ1v) is 4.98. The lowest BCUT2D eigenvalue weighted by Gasteiger charge is -2.38. The molecule has 1 fully saturated rings. The first-order valence-electron chi connectivity index (χ1n) is 4.19. The minimum absolute atomic E-state index is 0.590. The molecule has 0 atom stereocenters. The van der Waals surface area contributed by atoms with Gasteiger partial charge >= 0.3 is 0 Å². The summed E-state index contributed by atoms with van der Waals surface area (Å²) in [5, 5.41) is 3.21. The fourth-order valence-electron chi connectivity index (χ4n) is 1.29. The van der Waals surface area contributed by atoms with E-state index in [1.807, 2.05) is 7.05 Å². The highest BCUT2D eigenvalue weighted by Gasteiger charge is 2.26. The van der Waals surface area contributed by atoms with Gasteiger partial charge in [0.15, 0.2) is 0 Å². The molecule has 2 rings (SSSR count). The van der Waals surface area contributed by atoms with Crippen molar-refractivity contribution in [2.75, 3.05) is 25.0 Å². The second-order valence-corrected chi connectivity index (χ2v) is 4.01. The van der Waals surface area contributed by atoms with Crippen LogP contribution < -0.4 is 10.2 Å². The van der Waals surface area contributed by atoms with Crippen molar-refractivity contribution in [2.45, 2.75) is 6.04 Å². The Morgan fingerprint density at radius 1 is 1.46 bits per heavy atom. The Balaban J connectivity index is 1.99. The van der Waals surface area contributed by atoms with Crippen LogP contribution in [0.25, 0.3) is 0 Å². The van der Waals surface area contributed by atoms with Crippen LogP contribution >= 0.6 is 15.9 Å². The van der Waals surface area contributed by atoms with E-state index in [0.717, 1.165) is 23.5 Å². The molecule has 0 amide bonds. The molecule has 0 unspecified atom stereocenters. The number of anilines is 1. The molecule has 5 heteroatoms. The number of likely N-dealkylation sites (N-methyl/N-ethyl adjacent to an activating group) is 1. The fourth-order valence-corrected chi connectivity index (χ4v) is 1.50. The van der Waals surface area contributed by atoms with E-state index < -0.39 is 0 Å². The molecule has 0 bridgehead atoms. The van der Waals surface area contributed by atoms with Crippen molar-refractivity contribution in [2.24, 2.45) is 0 Å². The number of halogens is 1. The minimum atomic E-state index is 0.590. The summed E-state index contributed by atoms with van der Waals surface area (Å²) >= 11 is 3.30. The van der Waals surface area contributed by atoms with E-state index in [9.17, 15) is 0 Å². The maximum absolute atomic E-state index is 4.21. The molecule has 0 saturated carbocycles. The van der Waals surface area contributed by atoms with E-state index >= 15 is 0 Å². The average molecular weight is 243 g/mol. The van der Waals surface area contributed by atoms with Crippen molar-refractivity contribution in [1.29, 1.82) is 0 Å². The quantitative estimate of drug-likeness (QED) is 0.827. The van der Waals surface area contributed by atoms with Crippen molar-refractivity contribution in [3.05, 3.63) is 16.9 Å². The molecule has 1 saturated heterocycles. The number of nitrogens with one attached hydrogen (secondary N) is 1. The topological polar surface area (TPSA) is 41.0 Å². The van der Waals surface area contributed by atoms with E-state index in [1.54, 1.807) is 12.4 Å². The van der Waals surface area contributed by atoms with Crippen molar-refractivity contribution in [3.8, 4) is 0 Å². The maximum Gasteiger partial charge on any atom is 0.225 e. The van der Waals surface area contributed by atoms with Crippen molar-refractivity contribution >= 4 is 21.9 Å². The van der Waals surface area contributed by atoms with Crippen molar-refractivity contribution in [3.63, 3.8) is 0 Å². The molecule has 13 heavy (non-hydrogen) atoms. The summed E-state index contributed by atoms with van der Waals surface area (Å²) in [6, 6.07) is 0.590. The van der Waals surface area contributed by atoms with Crippen LogP contribution in [0.15, 0.2) is 16.9 Å². The van der Waals surface area contributed by atoms with Gasteiger partial charge in [-0.05, 0) is 23.0 Å². The fraction of sp³-hybridized carbons (Fsp3) is 0.500. The van der Waals surface area contributed by atoms with Crippen LogP contribution in [0.2, 0.25) is 0 Å². The van der Waals surface area contributed by atoms with Gasteiger partial charge in [0.1, 0.15) is 0 Å². The summed E-state index contributed by atoms with van der Waals surface area (Å²) in [6.45, 7) is 2.00. The predicted octanol–water partition coefficient (Wildman–Crippen LogP) is 0.647. The van der Waals surface area contributed by atoms with Gasteiger partial charge in [0.2, 0.25) is 5.95 Å².